The van der Waals surface area contributed by atoms with Crippen LogP contribution in [0.2, 0.25) is 0 Å². The Morgan fingerprint density at radius 2 is 2.33 bits per heavy atom. The monoisotopic (exact) mass is 284 g/mol. The second kappa shape index (κ2) is 7.82. The summed E-state index contributed by atoms with van der Waals surface area (Å²) in [5.41, 5.74) is 1.78. The lowest BCUT2D eigenvalue weighted by atomic mass is 10.1. The molecule has 0 aliphatic rings. The van der Waals surface area contributed by atoms with Crippen LogP contribution in [0, 0.1) is 11.8 Å². The van der Waals surface area contributed by atoms with E-state index >= 15 is 0 Å². The molecule has 0 fully saturated rings. The van der Waals surface area contributed by atoms with Crippen molar-refractivity contribution in [1.82, 2.24) is 20.1 Å². The number of rotatable bonds is 5. The summed E-state index contributed by atoms with van der Waals surface area (Å²) in [7, 11) is 0. The SMILES string of the molecule is O=C(CCn1cncn1)NCc1cccc(C#CCO)c1. The molecule has 21 heavy (non-hydrogen) atoms. The van der Waals surface area contributed by atoms with Gasteiger partial charge in [0.15, 0.2) is 0 Å². The Bertz CT molecular complexity index is 641. The van der Waals surface area contributed by atoms with Crippen LogP contribution < -0.4 is 5.32 Å². The summed E-state index contributed by atoms with van der Waals surface area (Å²) in [4.78, 5) is 15.6. The Labute approximate surface area is 122 Å². The van der Waals surface area contributed by atoms with E-state index in [1.165, 1.54) is 6.33 Å². The summed E-state index contributed by atoms with van der Waals surface area (Å²) in [6.07, 6.45) is 3.38. The van der Waals surface area contributed by atoms with E-state index in [0.29, 0.717) is 19.5 Å². The number of benzene rings is 1. The lowest BCUT2D eigenvalue weighted by Crippen LogP contribution is -2.24. The average molecular weight is 284 g/mol. The first-order valence-electron chi connectivity index (χ1n) is 6.55. The number of carbonyl (C=O) groups excluding carboxylic acids is 1. The molecule has 2 aromatic rings. The molecule has 2 rings (SSSR count). The first-order chi connectivity index (χ1) is 10.3. The van der Waals surface area contributed by atoms with Crippen LogP contribution in [-0.2, 0) is 17.9 Å². The molecule has 0 spiro atoms. The van der Waals surface area contributed by atoms with Crippen molar-refractivity contribution in [3.63, 3.8) is 0 Å². The molecule has 0 saturated heterocycles. The largest absolute Gasteiger partial charge is 0.384 e. The maximum Gasteiger partial charge on any atom is 0.222 e. The molecule has 0 saturated carbocycles. The van der Waals surface area contributed by atoms with Crippen molar-refractivity contribution in [3.8, 4) is 11.8 Å². The molecule has 0 bridgehead atoms. The number of aliphatic hydroxyl groups excluding tert-OH is 1. The maximum atomic E-state index is 11.7. The van der Waals surface area contributed by atoms with Gasteiger partial charge in [-0.25, -0.2) is 4.98 Å². The standard InChI is InChI=1S/C15H16N4O2/c20-8-2-5-13-3-1-4-14(9-13)10-17-15(21)6-7-19-12-16-11-18-19/h1,3-4,9,11-12,20H,6-8,10H2,(H,17,21). The number of nitrogens with one attached hydrogen (secondary N) is 1. The third-order valence-electron chi connectivity index (χ3n) is 2.76. The third kappa shape index (κ3) is 5.09. The number of aromatic nitrogens is 3. The van der Waals surface area contributed by atoms with Crippen LogP contribution in [0.3, 0.4) is 0 Å². The summed E-state index contributed by atoms with van der Waals surface area (Å²) in [5, 5.41) is 15.5. The van der Waals surface area contributed by atoms with Gasteiger partial charge in [-0.3, -0.25) is 9.48 Å². The second-order valence-electron chi connectivity index (χ2n) is 4.35. The molecule has 0 aliphatic carbocycles. The number of hydrogen-bond donors (Lipinski definition) is 2. The van der Waals surface area contributed by atoms with Crippen molar-refractivity contribution >= 4 is 5.91 Å². The van der Waals surface area contributed by atoms with Crippen LogP contribution >= 0.6 is 0 Å². The van der Waals surface area contributed by atoms with Crippen LogP contribution in [0.25, 0.3) is 0 Å². The van der Waals surface area contributed by atoms with Gasteiger partial charge in [0, 0.05) is 18.5 Å². The van der Waals surface area contributed by atoms with E-state index in [4.69, 9.17) is 5.11 Å². The minimum absolute atomic E-state index is 0.0441. The number of aryl methyl sites for hydroxylation is 1. The van der Waals surface area contributed by atoms with Gasteiger partial charge in [0.2, 0.25) is 5.91 Å². The molecule has 0 radical (unpaired) electrons. The van der Waals surface area contributed by atoms with Crippen molar-refractivity contribution in [2.24, 2.45) is 0 Å². The fourth-order valence-corrected chi connectivity index (χ4v) is 1.75. The van der Waals surface area contributed by atoms with Crippen LogP contribution in [0.4, 0.5) is 0 Å². The molecule has 108 valence electrons. The highest BCUT2D eigenvalue weighted by Crippen LogP contribution is 2.04. The molecule has 1 aromatic carbocycles. The second-order valence-corrected chi connectivity index (χ2v) is 4.35. The minimum Gasteiger partial charge on any atom is -0.384 e. The van der Waals surface area contributed by atoms with Crippen molar-refractivity contribution in [2.45, 2.75) is 19.5 Å². The summed E-state index contributed by atoms with van der Waals surface area (Å²) in [5.74, 6) is 5.39. The lowest BCUT2D eigenvalue weighted by molar-refractivity contribution is -0.121. The molecule has 2 N–H and O–H groups in total. The third-order valence-corrected chi connectivity index (χ3v) is 2.76. The smallest absolute Gasteiger partial charge is 0.222 e. The van der Waals surface area contributed by atoms with Gasteiger partial charge in [-0.05, 0) is 17.7 Å². The molecule has 1 amide bonds. The number of aliphatic hydroxyl groups is 1. The van der Waals surface area contributed by atoms with E-state index < -0.39 is 0 Å². The zero-order chi connectivity index (χ0) is 14.9. The van der Waals surface area contributed by atoms with E-state index in [0.717, 1.165) is 11.1 Å². The fourth-order valence-electron chi connectivity index (χ4n) is 1.75. The van der Waals surface area contributed by atoms with Crippen LogP contribution in [0.5, 0.6) is 0 Å². The van der Waals surface area contributed by atoms with Crippen molar-refractivity contribution < 1.29 is 9.90 Å². The molecule has 1 heterocycles. The highest BCUT2D eigenvalue weighted by molar-refractivity contribution is 5.75. The molecule has 0 aliphatic heterocycles. The Hall–Kier alpha value is -2.65. The van der Waals surface area contributed by atoms with Gasteiger partial charge in [0.05, 0.1) is 6.54 Å². The zero-order valence-corrected chi connectivity index (χ0v) is 11.5. The van der Waals surface area contributed by atoms with Gasteiger partial charge in [-0.15, -0.1) is 0 Å². The van der Waals surface area contributed by atoms with Gasteiger partial charge < -0.3 is 10.4 Å². The maximum absolute atomic E-state index is 11.7. The van der Waals surface area contributed by atoms with Gasteiger partial charge in [-0.2, -0.15) is 5.10 Å². The first-order valence-corrected chi connectivity index (χ1v) is 6.55. The number of hydrogen-bond acceptors (Lipinski definition) is 4. The van der Waals surface area contributed by atoms with Crippen molar-refractivity contribution in [2.75, 3.05) is 6.61 Å². The minimum atomic E-state index is -0.163. The van der Waals surface area contributed by atoms with Gasteiger partial charge in [0.1, 0.15) is 19.3 Å². The topological polar surface area (TPSA) is 80.0 Å². The highest BCUT2D eigenvalue weighted by Gasteiger charge is 2.02. The molecule has 0 unspecified atom stereocenters. The van der Waals surface area contributed by atoms with Gasteiger partial charge >= 0.3 is 0 Å². The predicted octanol–water partition coefficient (Wildman–Crippen LogP) is 0.328. The van der Waals surface area contributed by atoms with Crippen LogP contribution in [0.15, 0.2) is 36.9 Å². The summed E-state index contributed by atoms with van der Waals surface area (Å²) < 4.78 is 1.62. The van der Waals surface area contributed by atoms with E-state index in [2.05, 4.69) is 27.2 Å². The number of nitrogens with zero attached hydrogens (tertiary/aromatic N) is 3. The van der Waals surface area contributed by atoms with Crippen molar-refractivity contribution in [1.29, 1.82) is 0 Å². The Balaban J connectivity index is 1.80. The first kappa shape index (κ1) is 14.8. The summed E-state index contributed by atoms with van der Waals surface area (Å²) in [6, 6.07) is 7.54. The molecule has 1 aromatic heterocycles. The summed E-state index contributed by atoms with van der Waals surface area (Å²) in [6.45, 7) is 0.794. The van der Waals surface area contributed by atoms with E-state index in [-0.39, 0.29) is 12.5 Å². The molecule has 6 nitrogen and oxygen atoms in total. The summed E-state index contributed by atoms with van der Waals surface area (Å²) >= 11 is 0. The Kier molecular flexibility index (Phi) is 5.50. The van der Waals surface area contributed by atoms with Gasteiger partial charge in [-0.1, -0.05) is 24.0 Å². The van der Waals surface area contributed by atoms with E-state index in [1.807, 2.05) is 24.3 Å². The van der Waals surface area contributed by atoms with Crippen molar-refractivity contribution in [3.05, 3.63) is 48.0 Å². The molecule has 6 heteroatoms. The molecular weight excluding hydrogens is 268 g/mol. The zero-order valence-electron chi connectivity index (χ0n) is 11.5. The van der Waals surface area contributed by atoms with Gasteiger partial charge in [0.25, 0.3) is 0 Å². The highest BCUT2D eigenvalue weighted by atomic mass is 16.2. The number of amides is 1. The van der Waals surface area contributed by atoms with Crippen LogP contribution in [0.1, 0.15) is 17.5 Å². The van der Waals surface area contributed by atoms with Crippen LogP contribution in [-0.4, -0.2) is 32.4 Å². The Morgan fingerprint density at radius 1 is 1.43 bits per heavy atom. The lowest BCUT2D eigenvalue weighted by Gasteiger charge is -2.06. The molecule has 0 atom stereocenters. The normalized spacial score (nSPS) is 9.76. The predicted molar refractivity (Wildman–Crippen MR) is 76.9 cm³/mol. The van der Waals surface area contributed by atoms with E-state index in [1.54, 1.807) is 11.0 Å². The quantitative estimate of drug-likeness (QED) is 0.775. The number of carbonyl (C=O) groups is 1. The molecular formula is C15H16N4O2. The van der Waals surface area contributed by atoms with E-state index in [9.17, 15) is 4.79 Å². The fraction of sp³-hybridized carbons (Fsp3) is 0.267. The Morgan fingerprint density at radius 3 is 3.10 bits per heavy atom. The average Bonchev–Trinajstić information content (AvgIpc) is 3.03.